The number of nitrogens with zero attached hydrogens (tertiary/aromatic N) is 2. The van der Waals surface area contributed by atoms with E-state index in [4.69, 9.17) is 4.74 Å². The van der Waals surface area contributed by atoms with Gasteiger partial charge in [0.1, 0.15) is 0 Å². The lowest BCUT2D eigenvalue weighted by Gasteiger charge is -2.11. The summed E-state index contributed by atoms with van der Waals surface area (Å²) in [5, 5.41) is 0. The van der Waals surface area contributed by atoms with Gasteiger partial charge in [0.25, 0.3) is 0 Å². The Bertz CT molecular complexity index is 609. The van der Waals surface area contributed by atoms with Crippen LogP contribution in [0.5, 0.6) is 0 Å². The maximum atomic E-state index is 12.1. The van der Waals surface area contributed by atoms with Crippen LogP contribution < -0.4 is 0 Å². The lowest BCUT2D eigenvalue weighted by molar-refractivity contribution is 0.0312. The van der Waals surface area contributed by atoms with Crippen molar-refractivity contribution in [2.24, 2.45) is 0 Å². The van der Waals surface area contributed by atoms with E-state index in [-0.39, 0.29) is 11.5 Å². The molecule has 1 heterocycles. The van der Waals surface area contributed by atoms with Crippen LogP contribution in [0.2, 0.25) is 0 Å². The second-order valence-electron chi connectivity index (χ2n) is 4.37. The number of ether oxygens (including phenoxy) is 1. The van der Waals surface area contributed by atoms with E-state index in [0.29, 0.717) is 5.56 Å². The number of hydrogen-bond donors (Lipinski definition) is 0. The first-order valence-electron chi connectivity index (χ1n) is 6.16. The largest absolute Gasteiger partial charge is 0.449 e. The van der Waals surface area contributed by atoms with Crippen molar-refractivity contribution in [3.05, 3.63) is 59.7 Å². The zero-order valence-corrected chi connectivity index (χ0v) is 11.2. The van der Waals surface area contributed by atoms with E-state index in [1.807, 2.05) is 19.1 Å². The average molecular weight is 270 g/mol. The highest BCUT2D eigenvalue weighted by Crippen LogP contribution is 2.09. The molecule has 0 saturated carbocycles. The summed E-state index contributed by atoms with van der Waals surface area (Å²) in [6, 6.07) is 7.10. The van der Waals surface area contributed by atoms with Crippen molar-refractivity contribution in [1.29, 1.82) is 0 Å². The molecular formula is C15H14N2O3. The van der Waals surface area contributed by atoms with E-state index >= 15 is 0 Å². The highest BCUT2D eigenvalue weighted by molar-refractivity contribution is 6.01. The minimum atomic E-state index is -0.868. The molecule has 2 aromatic rings. The number of benzene rings is 1. The van der Waals surface area contributed by atoms with Crippen LogP contribution >= 0.6 is 0 Å². The summed E-state index contributed by atoms with van der Waals surface area (Å²) in [6.45, 7) is 3.47. The number of aromatic nitrogens is 2. The summed E-state index contributed by atoms with van der Waals surface area (Å²) in [5.74, 6) is -0.909. The number of carbonyl (C=O) groups excluding carboxylic acids is 2. The first-order valence-corrected chi connectivity index (χ1v) is 6.16. The van der Waals surface area contributed by atoms with Crippen molar-refractivity contribution in [1.82, 2.24) is 9.97 Å². The number of carbonyl (C=O) groups is 2. The fraction of sp³-hybridized carbons (Fsp3) is 0.200. The van der Waals surface area contributed by atoms with Crippen molar-refractivity contribution in [2.45, 2.75) is 20.0 Å². The molecule has 0 N–H and O–H groups in total. The van der Waals surface area contributed by atoms with Gasteiger partial charge in [-0.15, -0.1) is 0 Å². The van der Waals surface area contributed by atoms with Crippen LogP contribution in [0.3, 0.4) is 0 Å². The quantitative estimate of drug-likeness (QED) is 0.629. The third-order valence-electron chi connectivity index (χ3n) is 2.76. The molecule has 0 aliphatic rings. The standard InChI is InChI=1S/C15H14N2O3/c1-10-3-5-12(6-4-10)14(18)11(2)20-15(19)13-9-16-7-8-17-13/h3-9,11H,1-2H3. The molecule has 0 fully saturated rings. The Hall–Kier alpha value is -2.56. The van der Waals surface area contributed by atoms with E-state index in [1.54, 1.807) is 12.1 Å². The Kier molecular flexibility index (Phi) is 4.20. The number of esters is 1. The Balaban J connectivity index is 2.05. The SMILES string of the molecule is Cc1ccc(C(=O)C(C)OC(=O)c2cnccn2)cc1. The minimum absolute atomic E-state index is 0.0797. The Labute approximate surface area is 116 Å². The van der Waals surface area contributed by atoms with Gasteiger partial charge in [0, 0.05) is 18.0 Å². The van der Waals surface area contributed by atoms with Crippen LogP contribution in [0.4, 0.5) is 0 Å². The molecule has 0 bridgehead atoms. The van der Waals surface area contributed by atoms with Gasteiger partial charge in [0.2, 0.25) is 5.78 Å². The molecule has 1 aromatic carbocycles. The lowest BCUT2D eigenvalue weighted by Crippen LogP contribution is -2.24. The predicted octanol–water partition coefficient (Wildman–Crippen LogP) is 2.21. The first-order chi connectivity index (χ1) is 9.58. The van der Waals surface area contributed by atoms with Crippen LogP contribution in [0, 0.1) is 6.92 Å². The number of aryl methyl sites for hydroxylation is 1. The summed E-state index contributed by atoms with van der Waals surface area (Å²) >= 11 is 0. The summed E-state index contributed by atoms with van der Waals surface area (Å²) in [6.07, 6.45) is 3.28. The topological polar surface area (TPSA) is 69.2 Å². The predicted molar refractivity (Wildman–Crippen MR) is 72.4 cm³/mol. The van der Waals surface area contributed by atoms with Gasteiger partial charge in [-0.25, -0.2) is 9.78 Å². The van der Waals surface area contributed by atoms with Crippen molar-refractivity contribution >= 4 is 11.8 Å². The molecule has 0 aliphatic heterocycles. The monoisotopic (exact) mass is 270 g/mol. The molecule has 5 heteroatoms. The molecule has 5 nitrogen and oxygen atoms in total. The van der Waals surface area contributed by atoms with Gasteiger partial charge in [-0.05, 0) is 13.8 Å². The van der Waals surface area contributed by atoms with E-state index in [1.165, 1.54) is 25.5 Å². The average Bonchev–Trinajstić information content (AvgIpc) is 2.48. The lowest BCUT2D eigenvalue weighted by atomic mass is 10.1. The summed E-state index contributed by atoms with van der Waals surface area (Å²) in [7, 11) is 0. The van der Waals surface area contributed by atoms with Crippen molar-refractivity contribution < 1.29 is 14.3 Å². The van der Waals surface area contributed by atoms with Crippen LogP contribution in [0.25, 0.3) is 0 Å². The van der Waals surface area contributed by atoms with Gasteiger partial charge in [-0.3, -0.25) is 9.78 Å². The van der Waals surface area contributed by atoms with E-state index in [9.17, 15) is 9.59 Å². The Morgan fingerprint density at radius 1 is 1.15 bits per heavy atom. The molecule has 2 rings (SSSR count). The molecule has 1 unspecified atom stereocenters. The summed E-state index contributed by atoms with van der Waals surface area (Å²) in [4.78, 5) is 31.5. The second kappa shape index (κ2) is 6.06. The number of rotatable bonds is 4. The van der Waals surface area contributed by atoms with Crippen LogP contribution in [0.1, 0.15) is 33.3 Å². The van der Waals surface area contributed by atoms with Gasteiger partial charge >= 0.3 is 5.97 Å². The number of Topliss-reactive ketones (excluding diaryl/α,β-unsaturated/α-hetero) is 1. The normalized spacial score (nSPS) is 11.7. The first kappa shape index (κ1) is 13.9. The van der Waals surface area contributed by atoms with Crippen LogP contribution in [-0.4, -0.2) is 27.8 Å². The fourth-order valence-corrected chi connectivity index (χ4v) is 1.63. The molecule has 1 aromatic heterocycles. The van der Waals surface area contributed by atoms with Gasteiger partial charge in [-0.1, -0.05) is 29.8 Å². The molecule has 0 aliphatic carbocycles. The maximum absolute atomic E-state index is 12.1. The highest BCUT2D eigenvalue weighted by Gasteiger charge is 2.20. The molecule has 0 spiro atoms. The molecule has 1 atom stereocenters. The molecule has 0 radical (unpaired) electrons. The molecule has 0 saturated heterocycles. The van der Waals surface area contributed by atoms with E-state index in [2.05, 4.69) is 9.97 Å². The third-order valence-corrected chi connectivity index (χ3v) is 2.76. The fourth-order valence-electron chi connectivity index (χ4n) is 1.63. The van der Waals surface area contributed by atoms with Gasteiger partial charge < -0.3 is 4.74 Å². The van der Waals surface area contributed by atoms with Crippen molar-refractivity contribution in [3.63, 3.8) is 0 Å². The molecular weight excluding hydrogens is 256 g/mol. The Morgan fingerprint density at radius 2 is 1.85 bits per heavy atom. The van der Waals surface area contributed by atoms with Crippen LogP contribution in [-0.2, 0) is 4.74 Å². The summed E-state index contributed by atoms with van der Waals surface area (Å²) < 4.78 is 5.09. The Morgan fingerprint density at radius 3 is 2.45 bits per heavy atom. The summed E-state index contributed by atoms with van der Waals surface area (Å²) in [5.41, 5.74) is 1.65. The zero-order chi connectivity index (χ0) is 14.5. The molecule has 20 heavy (non-hydrogen) atoms. The smallest absolute Gasteiger partial charge is 0.359 e. The maximum Gasteiger partial charge on any atom is 0.359 e. The van der Waals surface area contributed by atoms with E-state index in [0.717, 1.165) is 5.56 Å². The highest BCUT2D eigenvalue weighted by atomic mass is 16.5. The third kappa shape index (κ3) is 3.26. The molecule has 0 amide bonds. The van der Waals surface area contributed by atoms with Gasteiger partial charge in [0.05, 0.1) is 6.20 Å². The van der Waals surface area contributed by atoms with Gasteiger partial charge in [0.15, 0.2) is 11.8 Å². The molecule has 102 valence electrons. The van der Waals surface area contributed by atoms with E-state index < -0.39 is 12.1 Å². The number of hydrogen-bond acceptors (Lipinski definition) is 5. The van der Waals surface area contributed by atoms with Crippen LogP contribution in [0.15, 0.2) is 42.9 Å². The zero-order valence-electron chi connectivity index (χ0n) is 11.2. The van der Waals surface area contributed by atoms with Crippen molar-refractivity contribution in [2.75, 3.05) is 0 Å². The van der Waals surface area contributed by atoms with Crippen molar-refractivity contribution in [3.8, 4) is 0 Å². The van der Waals surface area contributed by atoms with Gasteiger partial charge in [-0.2, -0.15) is 0 Å². The minimum Gasteiger partial charge on any atom is -0.449 e. The number of ketones is 1. The second-order valence-corrected chi connectivity index (χ2v) is 4.37.